The number of halogens is 1. The fourth-order valence-electron chi connectivity index (χ4n) is 2.35. The van der Waals surface area contributed by atoms with E-state index < -0.39 is 5.82 Å². The van der Waals surface area contributed by atoms with E-state index in [9.17, 15) is 4.39 Å². The fraction of sp³-hybridized carbons (Fsp3) is 0.316. The second-order valence-electron chi connectivity index (χ2n) is 5.57. The Hall–Kier alpha value is -2.60. The topological polar surface area (TPSA) is 57.1 Å². The lowest BCUT2D eigenvalue weighted by atomic mass is 10.1. The zero-order chi connectivity index (χ0) is 18.1. The normalized spacial score (nSPS) is 11.3. The molecule has 2 aromatic carbocycles. The molecule has 134 valence electrons. The van der Waals surface area contributed by atoms with Crippen LogP contribution in [0, 0.1) is 5.82 Å². The Morgan fingerprint density at radius 3 is 2.68 bits per heavy atom. The summed E-state index contributed by atoms with van der Waals surface area (Å²) < 4.78 is 19.1. The Morgan fingerprint density at radius 1 is 1.24 bits per heavy atom. The van der Waals surface area contributed by atoms with Crippen LogP contribution < -0.4 is 10.1 Å². The first kappa shape index (κ1) is 18.7. The van der Waals surface area contributed by atoms with Gasteiger partial charge in [0.05, 0.1) is 13.2 Å². The third-order valence-corrected chi connectivity index (χ3v) is 3.74. The molecule has 0 unspecified atom stereocenters. The number of benzene rings is 2. The molecule has 5 nitrogen and oxygen atoms in total. The van der Waals surface area contributed by atoms with E-state index in [1.165, 1.54) is 6.07 Å². The quantitative estimate of drug-likeness (QED) is 0.598. The largest absolute Gasteiger partial charge is 0.492 e. The first-order chi connectivity index (χ1) is 12.1. The summed E-state index contributed by atoms with van der Waals surface area (Å²) in [6, 6.07) is 14.3. The zero-order valence-corrected chi connectivity index (χ0v) is 14.6. The maximum atomic E-state index is 13.4. The van der Waals surface area contributed by atoms with E-state index in [-0.39, 0.29) is 6.61 Å². The Morgan fingerprint density at radius 2 is 2.00 bits per heavy atom. The van der Waals surface area contributed by atoms with Crippen LogP contribution in [0.3, 0.4) is 0 Å². The zero-order valence-electron chi connectivity index (χ0n) is 14.6. The number of nitrogens with one attached hydrogen (secondary N) is 1. The van der Waals surface area contributed by atoms with Gasteiger partial charge in [-0.15, -0.1) is 0 Å². The molecule has 0 saturated carbocycles. The van der Waals surface area contributed by atoms with Gasteiger partial charge in [0, 0.05) is 26.2 Å². The molecule has 0 heterocycles. The number of guanidine groups is 1. The minimum atomic E-state index is -0.397. The number of likely N-dealkylation sites (N-methyl/N-ethyl adjacent to an activating group) is 1. The average Bonchev–Trinajstić information content (AvgIpc) is 2.64. The molecule has 0 radical (unpaired) electrons. The summed E-state index contributed by atoms with van der Waals surface area (Å²) in [5.41, 5.74) is 1.17. The van der Waals surface area contributed by atoms with Gasteiger partial charge in [0.2, 0.25) is 0 Å². The molecule has 0 fully saturated rings. The number of aliphatic hydroxyl groups is 1. The second kappa shape index (κ2) is 9.64. The first-order valence-electron chi connectivity index (χ1n) is 8.12. The standard InChI is InChI=1S/C19H24FN3O2/c1-21-19(22-13-15-8-9-18(20)16(12-15)14-24)23(2)10-11-25-17-6-4-3-5-7-17/h3-9,12,24H,10-11,13-14H2,1-2H3,(H,21,22). The van der Waals surface area contributed by atoms with E-state index in [1.807, 2.05) is 42.3 Å². The molecule has 0 atom stereocenters. The Kier molecular flexibility index (Phi) is 7.22. The van der Waals surface area contributed by atoms with Crippen molar-refractivity contribution < 1.29 is 14.2 Å². The minimum absolute atomic E-state index is 0.291. The maximum absolute atomic E-state index is 13.4. The van der Waals surface area contributed by atoms with Crippen LogP contribution in [-0.4, -0.2) is 43.2 Å². The lowest BCUT2D eigenvalue weighted by molar-refractivity contribution is 0.275. The van der Waals surface area contributed by atoms with Gasteiger partial charge in [-0.2, -0.15) is 0 Å². The molecule has 0 aliphatic carbocycles. The molecule has 2 aromatic rings. The van der Waals surface area contributed by atoms with Crippen molar-refractivity contribution in [1.29, 1.82) is 0 Å². The molecule has 0 aliphatic rings. The molecule has 2 N–H and O–H groups in total. The SMILES string of the molecule is CN=C(NCc1ccc(F)c(CO)c1)N(C)CCOc1ccccc1. The van der Waals surface area contributed by atoms with Crippen molar-refractivity contribution in [2.24, 2.45) is 4.99 Å². The van der Waals surface area contributed by atoms with Crippen LogP contribution in [0.5, 0.6) is 5.75 Å². The Bertz CT molecular complexity index is 692. The predicted octanol–water partition coefficient (Wildman–Crippen LogP) is 2.40. The number of hydrogen-bond acceptors (Lipinski definition) is 3. The summed E-state index contributed by atoms with van der Waals surface area (Å²) in [7, 11) is 3.63. The highest BCUT2D eigenvalue weighted by Crippen LogP contribution is 2.11. The third kappa shape index (κ3) is 5.76. The molecule has 25 heavy (non-hydrogen) atoms. The molecule has 0 aliphatic heterocycles. The van der Waals surface area contributed by atoms with Gasteiger partial charge in [0.1, 0.15) is 18.2 Å². The molecule has 6 heteroatoms. The Labute approximate surface area is 147 Å². The summed E-state index contributed by atoms with van der Waals surface area (Å²) in [5.74, 6) is 1.15. The van der Waals surface area contributed by atoms with Gasteiger partial charge in [-0.25, -0.2) is 4.39 Å². The summed E-state index contributed by atoms with van der Waals surface area (Å²) >= 11 is 0. The summed E-state index contributed by atoms with van der Waals surface area (Å²) in [5, 5.41) is 12.4. The number of para-hydroxylation sites is 1. The minimum Gasteiger partial charge on any atom is -0.492 e. The van der Waals surface area contributed by atoms with Crippen LogP contribution in [-0.2, 0) is 13.2 Å². The van der Waals surface area contributed by atoms with E-state index in [0.29, 0.717) is 31.2 Å². The van der Waals surface area contributed by atoms with Crippen molar-refractivity contribution >= 4 is 5.96 Å². The number of ether oxygens (including phenoxy) is 1. The molecular weight excluding hydrogens is 321 g/mol. The average molecular weight is 345 g/mol. The maximum Gasteiger partial charge on any atom is 0.193 e. The van der Waals surface area contributed by atoms with Crippen LogP contribution in [0.2, 0.25) is 0 Å². The molecule has 0 aromatic heterocycles. The van der Waals surface area contributed by atoms with Gasteiger partial charge in [-0.1, -0.05) is 24.3 Å². The second-order valence-corrected chi connectivity index (χ2v) is 5.57. The molecule has 0 amide bonds. The molecule has 0 spiro atoms. The number of rotatable bonds is 7. The van der Waals surface area contributed by atoms with Crippen molar-refractivity contribution in [2.75, 3.05) is 27.2 Å². The summed E-state index contributed by atoms with van der Waals surface area (Å²) in [4.78, 5) is 6.20. The molecule has 2 rings (SSSR count). The first-order valence-corrected chi connectivity index (χ1v) is 8.12. The van der Waals surface area contributed by atoms with Crippen molar-refractivity contribution in [3.8, 4) is 5.75 Å². The lowest BCUT2D eigenvalue weighted by Crippen LogP contribution is -2.40. The van der Waals surface area contributed by atoms with E-state index >= 15 is 0 Å². The van der Waals surface area contributed by atoms with Crippen molar-refractivity contribution in [3.63, 3.8) is 0 Å². The van der Waals surface area contributed by atoms with Gasteiger partial charge in [0.15, 0.2) is 5.96 Å². The van der Waals surface area contributed by atoms with Gasteiger partial charge >= 0.3 is 0 Å². The monoisotopic (exact) mass is 345 g/mol. The van der Waals surface area contributed by atoms with E-state index in [1.54, 1.807) is 19.2 Å². The summed E-state index contributed by atoms with van der Waals surface area (Å²) in [6.07, 6.45) is 0. The van der Waals surface area contributed by atoms with E-state index in [0.717, 1.165) is 11.3 Å². The van der Waals surface area contributed by atoms with Gasteiger partial charge in [0.25, 0.3) is 0 Å². The van der Waals surface area contributed by atoms with Crippen LogP contribution in [0.1, 0.15) is 11.1 Å². The lowest BCUT2D eigenvalue weighted by Gasteiger charge is -2.22. The van der Waals surface area contributed by atoms with Crippen molar-refractivity contribution in [3.05, 3.63) is 65.5 Å². The Balaban J connectivity index is 1.82. The van der Waals surface area contributed by atoms with Crippen LogP contribution >= 0.6 is 0 Å². The van der Waals surface area contributed by atoms with Gasteiger partial charge in [-0.3, -0.25) is 4.99 Å². The third-order valence-electron chi connectivity index (χ3n) is 3.74. The highest BCUT2D eigenvalue weighted by molar-refractivity contribution is 5.79. The predicted molar refractivity (Wildman–Crippen MR) is 97.1 cm³/mol. The van der Waals surface area contributed by atoms with Crippen molar-refractivity contribution in [2.45, 2.75) is 13.2 Å². The van der Waals surface area contributed by atoms with E-state index in [2.05, 4.69) is 10.3 Å². The van der Waals surface area contributed by atoms with Crippen LogP contribution in [0.25, 0.3) is 0 Å². The number of hydrogen-bond donors (Lipinski definition) is 2. The fourth-order valence-corrected chi connectivity index (χ4v) is 2.35. The molecule has 0 saturated heterocycles. The highest BCUT2D eigenvalue weighted by atomic mass is 19.1. The smallest absolute Gasteiger partial charge is 0.193 e. The van der Waals surface area contributed by atoms with Crippen LogP contribution in [0.15, 0.2) is 53.5 Å². The van der Waals surface area contributed by atoms with Crippen molar-refractivity contribution in [1.82, 2.24) is 10.2 Å². The van der Waals surface area contributed by atoms with Gasteiger partial charge < -0.3 is 20.1 Å². The van der Waals surface area contributed by atoms with Crippen LogP contribution in [0.4, 0.5) is 4.39 Å². The van der Waals surface area contributed by atoms with E-state index in [4.69, 9.17) is 9.84 Å². The molecule has 0 bridgehead atoms. The highest BCUT2D eigenvalue weighted by Gasteiger charge is 2.07. The number of aliphatic hydroxyl groups excluding tert-OH is 1. The number of nitrogens with zero attached hydrogens (tertiary/aromatic N) is 2. The van der Waals surface area contributed by atoms with Gasteiger partial charge in [-0.05, 0) is 29.8 Å². The summed E-state index contributed by atoms with van der Waals surface area (Å²) in [6.45, 7) is 1.38. The number of aliphatic imine (C=N–C) groups is 1. The molecular formula is C19H24FN3O2.